The molecule has 1 atom stereocenters. The number of hydrogen-bond donors (Lipinski definition) is 0. The van der Waals surface area contributed by atoms with Crippen molar-refractivity contribution < 1.29 is 9.18 Å². The maximum absolute atomic E-state index is 13.0. The second kappa shape index (κ2) is 6.17. The zero-order valence-electron chi connectivity index (χ0n) is 11.2. The van der Waals surface area contributed by atoms with E-state index in [1.165, 1.54) is 12.1 Å². The number of amides is 1. The maximum atomic E-state index is 13.0. The van der Waals surface area contributed by atoms with E-state index in [9.17, 15) is 9.18 Å². The standard InChI is InChI=1S/C14H18FIN2O/c1-17-6-5-10(8-17)9-18(2)14(19)12-4-3-11(15)7-13(12)16/h3-4,7,10H,5-6,8-9H2,1-2H3. The highest BCUT2D eigenvalue weighted by Crippen LogP contribution is 2.19. The minimum absolute atomic E-state index is 0.0287. The van der Waals surface area contributed by atoms with Crippen LogP contribution in [0.15, 0.2) is 18.2 Å². The number of nitrogens with zero attached hydrogens (tertiary/aromatic N) is 2. The Bertz CT molecular complexity index is 481. The van der Waals surface area contributed by atoms with E-state index in [4.69, 9.17) is 0 Å². The van der Waals surface area contributed by atoms with Gasteiger partial charge in [-0.2, -0.15) is 0 Å². The Hall–Kier alpha value is -0.690. The van der Waals surface area contributed by atoms with Crippen molar-refractivity contribution in [2.75, 3.05) is 33.7 Å². The minimum Gasteiger partial charge on any atom is -0.341 e. The molecule has 1 saturated heterocycles. The lowest BCUT2D eigenvalue weighted by molar-refractivity contribution is 0.0773. The van der Waals surface area contributed by atoms with Crippen molar-refractivity contribution in [3.05, 3.63) is 33.1 Å². The van der Waals surface area contributed by atoms with Gasteiger partial charge in [0.05, 0.1) is 5.56 Å². The van der Waals surface area contributed by atoms with Gasteiger partial charge in [0.15, 0.2) is 0 Å². The number of likely N-dealkylation sites (tertiary alicyclic amines) is 1. The van der Waals surface area contributed by atoms with Crippen molar-refractivity contribution in [3.63, 3.8) is 0 Å². The van der Waals surface area contributed by atoms with Crippen molar-refractivity contribution in [3.8, 4) is 0 Å². The first-order chi connectivity index (χ1) is 8.97. The van der Waals surface area contributed by atoms with Gasteiger partial charge in [-0.1, -0.05) is 0 Å². The smallest absolute Gasteiger partial charge is 0.254 e. The SMILES string of the molecule is CN1CCC(CN(C)C(=O)c2ccc(F)cc2I)C1. The minimum atomic E-state index is -0.305. The number of halogens is 2. The Labute approximate surface area is 126 Å². The summed E-state index contributed by atoms with van der Waals surface area (Å²) in [5.74, 6) is 0.206. The molecule has 0 N–H and O–H groups in total. The molecule has 0 spiro atoms. The molecule has 104 valence electrons. The van der Waals surface area contributed by atoms with Crippen molar-refractivity contribution in [1.82, 2.24) is 9.80 Å². The Morgan fingerprint density at radius 1 is 1.58 bits per heavy atom. The Balaban J connectivity index is 2.02. The summed E-state index contributed by atoms with van der Waals surface area (Å²) in [6.45, 7) is 2.90. The van der Waals surface area contributed by atoms with Crippen LogP contribution in [0.1, 0.15) is 16.8 Å². The molecule has 5 heteroatoms. The van der Waals surface area contributed by atoms with Crippen molar-refractivity contribution in [1.29, 1.82) is 0 Å². The fourth-order valence-electron chi connectivity index (χ4n) is 2.51. The van der Waals surface area contributed by atoms with Gasteiger partial charge in [-0.05, 0) is 66.7 Å². The lowest BCUT2D eigenvalue weighted by Gasteiger charge is -2.21. The summed E-state index contributed by atoms with van der Waals surface area (Å²) in [7, 11) is 3.92. The number of hydrogen-bond acceptors (Lipinski definition) is 2. The molecule has 2 rings (SSSR count). The quantitative estimate of drug-likeness (QED) is 0.757. The lowest BCUT2D eigenvalue weighted by Crippen LogP contribution is -2.33. The molecule has 1 aromatic rings. The average molecular weight is 376 g/mol. The molecule has 1 aliphatic rings. The first kappa shape index (κ1) is 14.7. The average Bonchev–Trinajstić information content (AvgIpc) is 2.74. The van der Waals surface area contributed by atoms with Gasteiger partial charge < -0.3 is 9.80 Å². The molecule has 0 radical (unpaired) electrons. The Kier molecular flexibility index (Phi) is 4.78. The van der Waals surface area contributed by atoms with Gasteiger partial charge in [0.25, 0.3) is 5.91 Å². The summed E-state index contributed by atoms with van der Waals surface area (Å²) in [6, 6.07) is 4.30. The first-order valence-electron chi connectivity index (χ1n) is 6.36. The summed E-state index contributed by atoms with van der Waals surface area (Å²) in [6.07, 6.45) is 1.13. The van der Waals surface area contributed by atoms with Crippen molar-refractivity contribution in [2.45, 2.75) is 6.42 Å². The summed E-state index contributed by atoms with van der Waals surface area (Å²) in [5, 5.41) is 0. The molecule has 1 aromatic carbocycles. The molecular weight excluding hydrogens is 358 g/mol. The van der Waals surface area contributed by atoms with Crippen molar-refractivity contribution >= 4 is 28.5 Å². The normalized spacial score (nSPS) is 19.7. The van der Waals surface area contributed by atoms with E-state index in [1.807, 2.05) is 29.6 Å². The van der Waals surface area contributed by atoms with E-state index >= 15 is 0 Å². The fourth-order valence-corrected chi connectivity index (χ4v) is 3.22. The molecule has 0 bridgehead atoms. The van der Waals surface area contributed by atoms with Gasteiger partial charge in [-0.15, -0.1) is 0 Å². The molecular formula is C14H18FIN2O. The van der Waals surface area contributed by atoms with Crippen LogP contribution in [0.4, 0.5) is 4.39 Å². The topological polar surface area (TPSA) is 23.6 Å². The van der Waals surface area contributed by atoms with E-state index in [1.54, 1.807) is 11.0 Å². The zero-order valence-corrected chi connectivity index (χ0v) is 13.4. The van der Waals surface area contributed by atoms with Gasteiger partial charge >= 0.3 is 0 Å². The van der Waals surface area contributed by atoms with Crippen LogP contribution in [0.25, 0.3) is 0 Å². The van der Waals surface area contributed by atoms with E-state index in [-0.39, 0.29) is 11.7 Å². The molecule has 0 aliphatic carbocycles. The van der Waals surface area contributed by atoms with Gasteiger partial charge in [0, 0.05) is 23.7 Å². The zero-order chi connectivity index (χ0) is 14.0. The number of rotatable bonds is 3. The summed E-state index contributed by atoms with van der Waals surface area (Å²) >= 11 is 2.01. The molecule has 19 heavy (non-hydrogen) atoms. The number of benzene rings is 1. The predicted molar refractivity (Wildman–Crippen MR) is 81.7 cm³/mol. The highest BCUT2D eigenvalue weighted by molar-refractivity contribution is 14.1. The fraction of sp³-hybridized carbons (Fsp3) is 0.500. The maximum Gasteiger partial charge on any atom is 0.254 e. The van der Waals surface area contributed by atoms with Gasteiger partial charge in [-0.3, -0.25) is 4.79 Å². The summed E-state index contributed by atoms with van der Waals surface area (Å²) in [4.78, 5) is 16.4. The van der Waals surface area contributed by atoms with Crippen LogP contribution < -0.4 is 0 Å². The summed E-state index contributed by atoms with van der Waals surface area (Å²) < 4.78 is 13.7. The van der Waals surface area contributed by atoms with E-state index in [2.05, 4.69) is 11.9 Å². The van der Waals surface area contributed by atoms with Crippen LogP contribution >= 0.6 is 22.6 Å². The molecule has 0 aromatic heterocycles. The molecule has 3 nitrogen and oxygen atoms in total. The lowest BCUT2D eigenvalue weighted by atomic mass is 10.1. The number of carbonyl (C=O) groups excluding carboxylic acids is 1. The Morgan fingerprint density at radius 2 is 2.32 bits per heavy atom. The van der Waals surface area contributed by atoms with Gasteiger partial charge in [0.2, 0.25) is 0 Å². The largest absolute Gasteiger partial charge is 0.341 e. The molecule has 1 aliphatic heterocycles. The second-order valence-corrected chi connectivity index (χ2v) is 6.39. The number of carbonyl (C=O) groups is 1. The molecule has 0 saturated carbocycles. The molecule has 1 fully saturated rings. The monoisotopic (exact) mass is 376 g/mol. The molecule has 1 unspecified atom stereocenters. The van der Waals surface area contributed by atoms with Gasteiger partial charge in [-0.25, -0.2) is 4.39 Å². The summed E-state index contributed by atoms with van der Waals surface area (Å²) in [5.41, 5.74) is 0.579. The highest BCUT2D eigenvalue weighted by Gasteiger charge is 2.23. The van der Waals surface area contributed by atoms with E-state index < -0.39 is 0 Å². The third kappa shape index (κ3) is 3.66. The van der Waals surface area contributed by atoms with Gasteiger partial charge in [0.1, 0.15) is 5.82 Å². The third-order valence-corrected chi connectivity index (χ3v) is 4.42. The van der Waals surface area contributed by atoms with Crippen molar-refractivity contribution in [2.24, 2.45) is 5.92 Å². The van der Waals surface area contributed by atoms with Crippen LogP contribution in [0, 0.1) is 15.3 Å². The molecule has 1 amide bonds. The van der Waals surface area contributed by atoms with Crippen LogP contribution in [-0.4, -0.2) is 49.4 Å². The second-order valence-electron chi connectivity index (χ2n) is 5.23. The van der Waals surface area contributed by atoms with Crippen LogP contribution in [0.3, 0.4) is 0 Å². The molecule has 1 heterocycles. The van der Waals surface area contributed by atoms with Crippen LogP contribution in [-0.2, 0) is 0 Å². The van der Waals surface area contributed by atoms with E-state index in [0.29, 0.717) is 15.1 Å². The predicted octanol–water partition coefficient (Wildman–Crippen LogP) is 2.45. The first-order valence-corrected chi connectivity index (χ1v) is 7.44. The van der Waals surface area contributed by atoms with E-state index in [0.717, 1.165) is 26.1 Å². The third-order valence-electron chi connectivity index (χ3n) is 3.53. The van der Waals surface area contributed by atoms with Crippen LogP contribution in [0.2, 0.25) is 0 Å². The van der Waals surface area contributed by atoms with Crippen LogP contribution in [0.5, 0.6) is 0 Å². The highest BCUT2D eigenvalue weighted by atomic mass is 127. The Morgan fingerprint density at radius 3 is 2.89 bits per heavy atom.